The van der Waals surface area contributed by atoms with E-state index in [2.05, 4.69) is 16.7 Å². The van der Waals surface area contributed by atoms with E-state index in [4.69, 9.17) is 4.42 Å². The van der Waals surface area contributed by atoms with Gasteiger partial charge in [0.05, 0.1) is 6.04 Å². The van der Waals surface area contributed by atoms with E-state index >= 15 is 0 Å². The third-order valence-corrected chi connectivity index (χ3v) is 4.34. The second-order valence-corrected chi connectivity index (χ2v) is 6.17. The van der Waals surface area contributed by atoms with Crippen LogP contribution >= 0.6 is 0 Å². The number of urea groups is 1. The van der Waals surface area contributed by atoms with Gasteiger partial charge < -0.3 is 15.1 Å². The average molecular weight is 312 g/mol. The molecule has 0 fully saturated rings. The summed E-state index contributed by atoms with van der Waals surface area (Å²) in [7, 11) is 0. The molecular weight excluding hydrogens is 288 g/mol. The normalized spacial score (nSPS) is 16.0. The van der Waals surface area contributed by atoms with Gasteiger partial charge in [-0.3, -0.25) is 0 Å². The van der Waals surface area contributed by atoms with Crippen molar-refractivity contribution in [1.29, 1.82) is 0 Å². The number of fused-ring (bicyclic) bond motifs is 1. The Kier molecular flexibility index (Phi) is 5.01. The maximum Gasteiger partial charge on any atom is 0.315 e. The molecule has 0 spiro atoms. The molecule has 1 aromatic heterocycles. The van der Waals surface area contributed by atoms with E-state index in [1.807, 2.05) is 37.3 Å². The van der Waals surface area contributed by atoms with Crippen LogP contribution < -0.4 is 10.6 Å². The van der Waals surface area contributed by atoms with Crippen molar-refractivity contribution in [2.45, 2.75) is 45.1 Å². The van der Waals surface area contributed by atoms with Crippen molar-refractivity contribution < 1.29 is 9.21 Å². The van der Waals surface area contributed by atoms with Crippen LogP contribution in [0, 0.1) is 0 Å². The summed E-state index contributed by atoms with van der Waals surface area (Å²) in [5, 5.41) is 6.92. The molecule has 1 aliphatic rings. The molecule has 1 aromatic carbocycles. The number of amides is 2. The lowest BCUT2D eigenvalue weighted by molar-refractivity contribution is 0.236. The van der Waals surface area contributed by atoms with Crippen LogP contribution in [0.25, 0.3) is 11.0 Å². The summed E-state index contributed by atoms with van der Waals surface area (Å²) in [4.78, 5) is 12.0. The zero-order valence-corrected chi connectivity index (χ0v) is 13.6. The molecule has 0 bridgehead atoms. The maximum absolute atomic E-state index is 12.0. The van der Waals surface area contributed by atoms with Gasteiger partial charge in [0.1, 0.15) is 11.3 Å². The highest BCUT2D eigenvalue weighted by molar-refractivity contribution is 5.78. The largest absolute Gasteiger partial charge is 0.459 e. The number of carbonyl (C=O) groups is 1. The quantitative estimate of drug-likeness (QED) is 0.787. The van der Waals surface area contributed by atoms with Gasteiger partial charge in [-0.05, 0) is 51.2 Å². The second-order valence-electron chi connectivity index (χ2n) is 6.17. The molecule has 4 nitrogen and oxygen atoms in total. The minimum atomic E-state index is -0.156. The summed E-state index contributed by atoms with van der Waals surface area (Å²) in [5.74, 6) is 0.774. The van der Waals surface area contributed by atoms with Crippen LogP contribution in [0.4, 0.5) is 4.79 Å². The smallest absolute Gasteiger partial charge is 0.315 e. The fraction of sp³-hybridized carbons (Fsp3) is 0.421. The molecule has 2 N–H and O–H groups in total. The van der Waals surface area contributed by atoms with Gasteiger partial charge in [0, 0.05) is 11.9 Å². The van der Waals surface area contributed by atoms with Gasteiger partial charge in [-0.2, -0.15) is 0 Å². The van der Waals surface area contributed by atoms with E-state index in [-0.39, 0.29) is 12.1 Å². The average Bonchev–Trinajstić information content (AvgIpc) is 3.00. The molecule has 0 aliphatic heterocycles. The lowest BCUT2D eigenvalue weighted by Gasteiger charge is -2.15. The maximum atomic E-state index is 12.0. The number of para-hydroxylation sites is 1. The summed E-state index contributed by atoms with van der Waals surface area (Å²) in [6.07, 6.45) is 8.21. The highest BCUT2D eigenvalue weighted by Gasteiger charge is 2.14. The molecule has 3 rings (SSSR count). The molecular formula is C19H24N2O2. The van der Waals surface area contributed by atoms with Gasteiger partial charge in [-0.25, -0.2) is 4.79 Å². The molecule has 0 radical (unpaired) electrons. The number of rotatable bonds is 5. The highest BCUT2D eigenvalue weighted by atomic mass is 16.3. The van der Waals surface area contributed by atoms with Crippen LogP contribution in [-0.2, 0) is 0 Å². The number of nitrogens with one attached hydrogen (secondary N) is 2. The van der Waals surface area contributed by atoms with E-state index in [9.17, 15) is 4.79 Å². The molecule has 2 aromatic rings. The Bertz CT molecular complexity index is 669. The van der Waals surface area contributed by atoms with Crippen molar-refractivity contribution in [1.82, 2.24) is 10.6 Å². The van der Waals surface area contributed by atoms with Crippen molar-refractivity contribution in [3.05, 3.63) is 47.7 Å². The predicted octanol–water partition coefficient (Wildman–Crippen LogP) is 4.68. The Morgan fingerprint density at radius 3 is 2.96 bits per heavy atom. The Morgan fingerprint density at radius 2 is 2.17 bits per heavy atom. The van der Waals surface area contributed by atoms with Crippen molar-refractivity contribution in [3.8, 4) is 0 Å². The van der Waals surface area contributed by atoms with E-state index in [1.54, 1.807) is 0 Å². The first kappa shape index (κ1) is 15.7. The van der Waals surface area contributed by atoms with Gasteiger partial charge in [-0.1, -0.05) is 29.8 Å². The summed E-state index contributed by atoms with van der Waals surface area (Å²) in [6, 6.07) is 9.54. The van der Waals surface area contributed by atoms with Gasteiger partial charge in [0.15, 0.2) is 0 Å². The highest BCUT2D eigenvalue weighted by Crippen LogP contribution is 2.23. The lowest BCUT2D eigenvalue weighted by atomic mass is 9.97. The van der Waals surface area contributed by atoms with Crippen LogP contribution in [0.2, 0.25) is 0 Å². The minimum absolute atomic E-state index is 0.144. The van der Waals surface area contributed by atoms with Gasteiger partial charge in [-0.15, -0.1) is 0 Å². The van der Waals surface area contributed by atoms with Crippen LogP contribution in [0.15, 0.2) is 46.4 Å². The van der Waals surface area contributed by atoms with Gasteiger partial charge >= 0.3 is 6.03 Å². The Morgan fingerprint density at radius 1 is 1.30 bits per heavy atom. The zero-order chi connectivity index (χ0) is 16.1. The number of hydrogen-bond acceptors (Lipinski definition) is 2. The predicted molar refractivity (Wildman–Crippen MR) is 92.3 cm³/mol. The molecule has 1 unspecified atom stereocenters. The third-order valence-electron chi connectivity index (χ3n) is 4.34. The van der Waals surface area contributed by atoms with E-state index in [0.29, 0.717) is 6.54 Å². The van der Waals surface area contributed by atoms with Crippen LogP contribution in [0.3, 0.4) is 0 Å². The minimum Gasteiger partial charge on any atom is -0.459 e. The molecule has 1 aliphatic carbocycles. The first-order chi connectivity index (χ1) is 11.2. The standard InChI is InChI=1S/C19H24N2O2/c1-14(18-13-16-9-5-6-10-17(16)23-18)21-19(22)20-12-11-15-7-3-2-4-8-15/h5-7,9-10,13-14H,2-4,8,11-12H2,1H3,(H2,20,21,22). The number of furan rings is 1. The van der Waals surface area contributed by atoms with E-state index < -0.39 is 0 Å². The molecule has 0 saturated heterocycles. The number of benzene rings is 1. The summed E-state index contributed by atoms with van der Waals surface area (Å²) >= 11 is 0. The third kappa shape index (κ3) is 4.15. The number of carbonyl (C=O) groups excluding carboxylic acids is 1. The monoisotopic (exact) mass is 312 g/mol. The lowest BCUT2D eigenvalue weighted by Crippen LogP contribution is -2.37. The molecule has 1 heterocycles. The Balaban J connectivity index is 1.47. The fourth-order valence-electron chi connectivity index (χ4n) is 3.00. The SMILES string of the molecule is CC(NC(=O)NCCC1=CCCCC1)c1cc2ccccc2o1. The zero-order valence-electron chi connectivity index (χ0n) is 13.6. The van der Waals surface area contributed by atoms with Crippen LogP contribution in [0.1, 0.15) is 50.8 Å². The summed E-state index contributed by atoms with van der Waals surface area (Å²) in [5.41, 5.74) is 2.32. The number of hydrogen-bond donors (Lipinski definition) is 2. The van der Waals surface area contributed by atoms with Crippen molar-refractivity contribution in [3.63, 3.8) is 0 Å². The summed E-state index contributed by atoms with van der Waals surface area (Å²) in [6.45, 7) is 2.62. The van der Waals surface area contributed by atoms with E-state index in [0.717, 1.165) is 23.2 Å². The Hall–Kier alpha value is -2.23. The van der Waals surface area contributed by atoms with Gasteiger partial charge in [0.25, 0.3) is 0 Å². The number of allylic oxidation sites excluding steroid dienone is 1. The first-order valence-electron chi connectivity index (χ1n) is 8.43. The van der Waals surface area contributed by atoms with E-state index in [1.165, 1.54) is 31.3 Å². The molecule has 0 saturated carbocycles. The first-order valence-corrected chi connectivity index (χ1v) is 8.43. The van der Waals surface area contributed by atoms with Crippen LogP contribution in [0.5, 0.6) is 0 Å². The molecule has 2 amide bonds. The van der Waals surface area contributed by atoms with Crippen LogP contribution in [-0.4, -0.2) is 12.6 Å². The molecule has 4 heteroatoms. The summed E-state index contributed by atoms with van der Waals surface area (Å²) < 4.78 is 5.78. The second kappa shape index (κ2) is 7.36. The van der Waals surface area contributed by atoms with Crippen molar-refractivity contribution in [2.24, 2.45) is 0 Å². The van der Waals surface area contributed by atoms with Crippen molar-refractivity contribution >= 4 is 17.0 Å². The molecule has 122 valence electrons. The Labute approximate surface area is 136 Å². The fourth-order valence-corrected chi connectivity index (χ4v) is 3.00. The molecule has 23 heavy (non-hydrogen) atoms. The van der Waals surface area contributed by atoms with Crippen molar-refractivity contribution in [2.75, 3.05) is 6.54 Å². The topological polar surface area (TPSA) is 54.3 Å². The van der Waals surface area contributed by atoms with Gasteiger partial charge in [0.2, 0.25) is 0 Å². The molecule has 1 atom stereocenters.